The molecule has 0 radical (unpaired) electrons. The van der Waals surface area contributed by atoms with E-state index in [9.17, 15) is 14.4 Å². The van der Waals surface area contributed by atoms with Crippen molar-refractivity contribution in [2.75, 3.05) is 13.2 Å². The maximum atomic E-state index is 12.8. The Balaban J connectivity index is 4.36. The Morgan fingerprint density at radius 1 is 0.323 bits per heavy atom. The molecule has 0 heterocycles. The van der Waals surface area contributed by atoms with Gasteiger partial charge < -0.3 is 14.2 Å². The Morgan fingerprint density at radius 2 is 0.581 bits per heavy atom. The van der Waals surface area contributed by atoms with E-state index in [2.05, 4.69) is 69.4 Å². The molecule has 0 aromatic carbocycles. The van der Waals surface area contributed by atoms with Gasteiger partial charge in [-0.05, 0) is 83.5 Å². The van der Waals surface area contributed by atoms with Crippen molar-refractivity contribution in [1.29, 1.82) is 0 Å². The van der Waals surface area contributed by atoms with Crippen molar-refractivity contribution in [3.63, 3.8) is 0 Å². The topological polar surface area (TPSA) is 78.9 Å². The summed E-state index contributed by atoms with van der Waals surface area (Å²) >= 11 is 0. The van der Waals surface area contributed by atoms with Gasteiger partial charge in [-0.25, -0.2) is 0 Å². The minimum absolute atomic E-state index is 0.0784. The lowest BCUT2D eigenvalue weighted by atomic mass is 10.0. The largest absolute Gasteiger partial charge is 0.462 e. The van der Waals surface area contributed by atoms with E-state index in [0.717, 1.165) is 89.9 Å². The SMILES string of the molecule is CCCCC/C=C\C/C=C\C/C=C\CCCCCCCCC(=O)OC[C@@H](COC(=O)CCCCCCCCCCCCCC)OC(=O)CCCCCCC/C=C\CCCCCC. The van der Waals surface area contributed by atoms with Crippen molar-refractivity contribution in [3.8, 4) is 0 Å². The third-order valence-electron chi connectivity index (χ3n) is 11.6. The highest BCUT2D eigenvalue weighted by atomic mass is 16.6. The van der Waals surface area contributed by atoms with Gasteiger partial charge in [0.15, 0.2) is 6.10 Å². The van der Waals surface area contributed by atoms with E-state index < -0.39 is 6.10 Å². The summed E-state index contributed by atoms with van der Waals surface area (Å²) in [4.78, 5) is 38.0. The van der Waals surface area contributed by atoms with Crippen LogP contribution in [0.15, 0.2) is 48.6 Å². The second-order valence-corrected chi connectivity index (χ2v) is 17.8. The molecule has 0 saturated heterocycles. The second kappa shape index (κ2) is 51.0. The molecule has 0 saturated carbocycles. The molecule has 0 fully saturated rings. The predicted molar refractivity (Wildman–Crippen MR) is 265 cm³/mol. The Kier molecular flexibility index (Phi) is 48.8. The van der Waals surface area contributed by atoms with E-state index in [-0.39, 0.29) is 31.1 Å². The Morgan fingerprint density at radius 3 is 0.968 bits per heavy atom. The highest BCUT2D eigenvalue weighted by Gasteiger charge is 2.19. The summed E-state index contributed by atoms with van der Waals surface area (Å²) in [7, 11) is 0. The smallest absolute Gasteiger partial charge is 0.306 e. The zero-order valence-electron chi connectivity index (χ0n) is 41.1. The van der Waals surface area contributed by atoms with Crippen LogP contribution >= 0.6 is 0 Å². The summed E-state index contributed by atoms with van der Waals surface area (Å²) in [5.74, 6) is -0.892. The maximum absolute atomic E-state index is 12.8. The van der Waals surface area contributed by atoms with Gasteiger partial charge in [0.2, 0.25) is 0 Å². The van der Waals surface area contributed by atoms with Gasteiger partial charge in [-0.3, -0.25) is 14.4 Å². The molecule has 0 amide bonds. The van der Waals surface area contributed by atoms with Gasteiger partial charge >= 0.3 is 17.9 Å². The summed E-state index contributed by atoms with van der Waals surface area (Å²) in [6, 6.07) is 0. The van der Waals surface area contributed by atoms with Crippen molar-refractivity contribution >= 4 is 17.9 Å². The van der Waals surface area contributed by atoms with E-state index in [1.54, 1.807) is 0 Å². The van der Waals surface area contributed by atoms with E-state index in [0.29, 0.717) is 19.3 Å². The van der Waals surface area contributed by atoms with Crippen LogP contribution in [0.1, 0.15) is 271 Å². The fourth-order valence-electron chi connectivity index (χ4n) is 7.50. The third-order valence-corrected chi connectivity index (χ3v) is 11.6. The molecule has 0 aliphatic rings. The molecule has 6 heteroatoms. The first-order chi connectivity index (χ1) is 30.5. The lowest BCUT2D eigenvalue weighted by molar-refractivity contribution is -0.167. The highest BCUT2D eigenvalue weighted by molar-refractivity contribution is 5.71. The van der Waals surface area contributed by atoms with E-state index >= 15 is 0 Å². The molecule has 1 atom stereocenters. The monoisotopic (exact) mass is 869 g/mol. The summed E-state index contributed by atoms with van der Waals surface area (Å²) in [6.45, 7) is 6.59. The molecule has 62 heavy (non-hydrogen) atoms. The predicted octanol–water partition coefficient (Wildman–Crippen LogP) is 17.5. The summed E-state index contributed by atoms with van der Waals surface area (Å²) in [5, 5.41) is 0. The Bertz CT molecular complexity index is 1090. The minimum atomic E-state index is -0.779. The first-order valence-corrected chi connectivity index (χ1v) is 26.6. The van der Waals surface area contributed by atoms with Crippen LogP contribution in [0.25, 0.3) is 0 Å². The molecule has 0 N–H and O–H groups in total. The average molecular weight is 869 g/mol. The third kappa shape index (κ3) is 48.4. The van der Waals surface area contributed by atoms with Gasteiger partial charge in [-0.15, -0.1) is 0 Å². The van der Waals surface area contributed by atoms with Crippen molar-refractivity contribution < 1.29 is 28.6 Å². The number of carbonyl (C=O) groups excluding carboxylic acids is 3. The fraction of sp³-hybridized carbons (Fsp3) is 0.804. The van der Waals surface area contributed by atoms with Gasteiger partial charge in [0.25, 0.3) is 0 Å². The van der Waals surface area contributed by atoms with E-state index in [1.165, 1.54) is 141 Å². The van der Waals surface area contributed by atoms with Crippen molar-refractivity contribution in [3.05, 3.63) is 48.6 Å². The molecule has 0 spiro atoms. The number of unbranched alkanes of at least 4 members (excludes halogenated alkanes) is 29. The lowest BCUT2D eigenvalue weighted by Gasteiger charge is -2.18. The number of rotatable bonds is 48. The molecule has 0 unspecified atom stereocenters. The maximum Gasteiger partial charge on any atom is 0.306 e. The Labute approximate surface area is 384 Å². The highest BCUT2D eigenvalue weighted by Crippen LogP contribution is 2.15. The van der Waals surface area contributed by atoms with Gasteiger partial charge in [-0.2, -0.15) is 0 Å². The molecule has 6 nitrogen and oxygen atoms in total. The first-order valence-electron chi connectivity index (χ1n) is 26.6. The molecule has 0 bridgehead atoms. The van der Waals surface area contributed by atoms with Crippen molar-refractivity contribution in [1.82, 2.24) is 0 Å². The lowest BCUT2D eigenvalue weighted by Crippen LogP contribution is -2.30. The molecular formula is C56H100O6. The number of carbonyl (C=O) groups is 3. The number of hydrogen-bond acceptors (Lipinski definition) is 6. The summed E-state index contributed by atoms with van der Waals surface area (Å²) in [6.07, 6.45) is 60.9. The van der Waals surface area contributed by atoms with Crippen LogP contribution in [-0.4, -0.2) is 37.2 Å². The minimum Gasteiger partial charge on any atom is -0.462 e. The number of ether oxygens (including phenoxy) is 3. The summed E-state index contributed by atoms with van der Waals surface area (Å²) in [5.41, 5.74) is 0. The standard InChI is InChI=1S/C56H100O6/c1-4-7-10-13-16-19-22-25-26-27-28-29-30-32-34-37-40-43-46-49-55(58)61-52-53(51-60-54(57)48-45-42-39-36-33-24-21-18-15-12-9-6-3)62-56(59)50-47-44-41-38-35-31-23-20-17-14-11-8-5-2/h16,19-20,23,25-26,28-29,53H,4-15,17-18,21-22,24,27,30-52H2,1-3H3/b19-16-,23-20-,26-25-,29-28-/t53-/m1/s1. The van der Waals surface area contributed by atoms with Crippen molar-refractivity contribution in [2.24, 2.45) is 0 Å². The zero-order chi connectivity index (χ0) is 45.1. The zero-order valence-corrected chi connectivity index (χ0v) is 41.1. The molecular weight excluding hydrogens is 769 g/mol. The molecule has 0 aromatic rings. The van der Waals surface area contributed by atoms with Crippen molar-refractivity contribution in [2.45, 2.75) is 277 Å². The van der Waals surface area contributed by atoms with Crippen LogP contribution < -0.4 is 0 Å². The van der Waals surface area contributed by atoms with Crippen LogP contribution in [0, 0.1) is 0 Å². The Hall–Kier alpha value is -2.63. The fourth-order valence-corrected chi connectivity index (χ4v) is 7.50. The molecule has 0 rings (SSSR count). The first kappa shape index (κ1) is 59.4. The van der Waals surface area contributed by atoms with Gasteiger partial charge in [0.1, 0.15) is 13.2 Å². The van der Waals surface area contributed by atoms with Crippen LogP contribution in [0.4, 0.5) is 0 Å². The number of esters is 3. The second-order valence-electron chi connectivity index (χ2n) is 17.8. The molecule has 0 aromatic heterocycles. The number of allylic oxidation sites excluding steroid dienone is 8. The van der Waals surface area contributed by atoms with Gasteiger partial charge in [-0.1, -0.05) is 217 Å². The molecule has 0 aliphatic heterocycles. The normalized spacial score (nSPS) is 12.4. The van der Waals surface area contributed by atoms with Crippen LogP contribution in [0.5, 0.6) is 0 Å². The molecule has 360 valence electrons. The molecule has 0 aliphatic carbocycles. The summed E-state index contributed by atoms with van der Waals surface area (Å²) < 4.78 is 16.8. The quantitative estimate of drug-likeness (QED) is 0.0262. The van der Waals surface area contributed by atoms with Gasteiger partial charge in [0.05, 0.1) is 0 Å². The van der Waals surface area contributed by atoms with E-state index in [1.807, 2.05) is 0 Å². The van der Waals surface area contributed by atoms with Crippen LogP contribution in [0.3, 0.4) is 0 Å². The van der Waals surface area contributed by atoms with E-state index in [4.69, 9.17) is 14.2 Å². The number of hydrogen-bond donors (Lipinski definition) is 0. The van der Waals surface area contributed by atoms with Gasteiger partial charge in [0, 0.05) is 19.3 Å². The van der Waals surface area contributed by atoms with Crippen LogP contribution in [-0.2, 0) is 28.6 Å². The van der Waals surface area contributed by atoms with Crippen LogP contribution in [0.2, 0.25) is 0 Å². The average Bonchev–Trinajstić information content (AvgIpc) is 3.27.